The molecule has 0 aromatic heterocycles. The van der Waals surface area contributed by atoms with Crippen LogP contribution < -0.4 is 5.32 Å². The molecule has 3 unspecified atom stereocenters. The zero-order valence-corrected chi connectivity index (χ0v) is 13.0. The van der Waals surface area contributed by atoms with E-state index in [1.165, 1.54) is 31.7 Å². The highest BCUT2D eigenvalue weighted by molar-refractivity contribution is 7.99. The smallest absolute Gasteiger partial charge is 0.141 e. The second-order valence-corrected chi connectivity index (χ2v) is 6.83. The van der Waals surface area contributed by atoms with Crippen LogP contribution in [0.15, 0.2) is 18.2 Å². The first-order chi connectivity index (χ1) is 9.10. The lowest BCUT2D eigenvalue weighted by Crippen LogP contribution is -2.36. The Morgan fingerprint density at radius 1 is 1.42 bits per heavy atom. The van der Waals surface area contributed by atoms with E-state index in [0.29, 0.717) is 6.04 Å². The van der Waals surface area contributed by atoms with Gasteiger partial charge in [-0.15, -0.1) is 0 Å². The second-order valence-electron chi connectivity index (χ2n) is 5.28. The Morgan fingerprint density at radius 3 is 2.89 bits per heavy atom. The minimum Gasteiger partial charge on any atom is -0.307 e. The first kappa shape index (κ1) is 15.1. The normalized spacial score (nSPS) is 25.3. The predicted octanol–water partition coefficient (Wildman–Crippen LogP) is 4.80. The van der Waals surface area contributed by atoms with E-state index in [4.69, 9.17) is 11.6 Å². The van der Waals surface area contributed by atoms with Gasteiger partial charge in [-0.05, 0) is 50.1 Å². The molecule has 0 bridgehead atoms. The van der Waals surface area contributed by atoms with Crippen molar-refractivity contribution in [3.05, 3.63) is 34.6 Å². The number of rotatable bonds is 4. The molecular weight excluding hydrogens is 281 g/mol. The molecule has 1 aromatic rings. The van der Waals surface area contributed by atoms with E-state index < -0.39 is 0 Å². The van der Waals surface area contributed by atoms with E-state index in [1.54, 1.807) is 6.07 Å². The molecule has 2 rings (SSSR count). The molecule has 1 saturated carbocycles. The van der Waals surface area contributed by atoms with Crippen LogP contribution in [0.3, 0.4) is 0 Å². The summed E-state index contributed by atoms with van der Waals surface area (Å²) in [7, 11) is 0. The summed E-state index contributed by atoms with van der Waals surface area (Å²) in [6.45, 7) is 2.12. The van der Waals surface area contributed by atoms with Gasteiger partial charge in [0.05, 0.1) is 5.02 Å². The Morgan fingerprint density at radius 2 is 2.21 bits per heavy atom. The van der Waals surface area contributed by atoms with Gasteiger partial charge in [-0.25, -0.2) is 4.39 Å². The van der Waals surface area contributed by atoms with Gasteiger partial charge in [0, 0.05) is 17.3 Å². The highest BCUT2D eigenvalue weighted by Crippen LogP contribution is 2.29. The van der Waals surface area contributed by atoms with Gasteiger partial charge >= 0.3 is 0 Å². The van der Waals surface area contributed by atoms with Gasteiger partial charge < -0.3 is 5.32 Å². The van der Waals surface area contributed by atoms with E-state index in [9.17, 15) is 4.39 Å². The second kappa shape index (κ2) is 6.96. The molecule has 0 heterocycles. The zero-order valence-electron chi connectivity index (χ0n) is 11.5. The maximum atomic E-state index is 13.2. The molecule has 1 aromatic carbocycles. The van der Waals surface area contributed by atoms with Gasteiger partial charge in [-0.3, -0.25) is 0 Å². The molecule has 0 radical (unpaired) electrons. The van der Waals surface area contributed by atoms with Gasteiger partial charge in [0.15, 0.2) is 0 Å². The molecule has 0 amide bonds. The quantitative estimate of drug-likeness (QED) is 0.857. The van der Waals surface area contributed by atoms with Crippen molar-refractivity contribution in [2.24, 2.45) is 0 Å². The van der Waals surface area contributed by atoms with Crippen molar-refractivity contribution in [1.29, 1.82) is 0 Å². The average molecular weight is 302 g/mol. The molecule has 0 saturated heterocycles. The van der Waals surface area contributed by atoms with E-state index in [-0.39, 0.29) is 16.9 Å². The molecule has 1 fully saturated rings. The van der Waals surface area contributed by atoms with Crippen molar-refractivity contribution < 1.29 is 4.39 Å². The van der Waals surface area contributed by atoms with Crippen molar-refractivity contribution in [3.8, 4) is 0 Å². The Balaban J connectivity index is 1.96. The van der Waals surface area contributed by atoms with Gasteiger partial charge in [0.1, 0.15) is 5.82 Å². The maximum absolute atomic E-state index is 13.2. The molecule has 1 N–H and O–H groups in total. The van der Waals surface area contributed by atoms with Crippen LogP contribution in [-0.2, 0) is 0 Å². The molecular formula is C15H21ClFNS. The van der Waals surface area contributed by atoms with Crippen LogP contribution in [0, 0.1) is 5.82 Å². The Bertz CT molecular complexity index is 427. The molecule has 0 spiro atoms. The third-order valence-corrected chi connectivity index (χ3v) is 5.27. The summed E-state index contributed by atoms with van der Waals surface area (Å²) in [6, 6.07) is 5.76. The van der Waals surface area contributed by atoms with Crippen molar-refractivity contribution in [3.63, 3.8) is 0 Å². The standard InChI is InChI=1S/C15H21ClFNS/c1-10(11-6-7-15(17)14(16)8-11)18-12-4-3-5-13(9-12)19-2/h6-8,10,12-13,18H,3-5,9H2,1-2H3. The number of halogens is 2. The first-order valence-corrected chi connectivity index (χ1v) is 8.50. The molecule has 0 aliphatic heterocycles. The number of hydrogen-bond donors (Lipinski definition) is 1. The van der Waals surface area contributed by atoms with Crippen LogP contribution in [0.5, 0.6) is 0 Å². The van der Waals surface area contributed by atoms with Crippen LogP contribution >= 0.6 is 23.4 Å². The Hall–Kier alpha value is -0.250. The van der Waals surface area contributed by atoms with E-state index in [1.807, 2.05) is 17.8 Å². The lowest BCUT2D eigenvalue weighted by Gasteiger charge is -2.31. The van der Waals surface area contributed by atoms with E-state index in [2.05, 4.69) is 18.5 Å². The van der Waals surface area contributed by atoms with Crippen LogP contribution in [0.25, 0.3) is 0 Å². The predicted molar refractivity (Wildman–Crippen MR) is 82.5 cm³/mol. The zero-order chi connectivity index (χ0) is 13.8. The SMILES string of the molecule is CSC1CCCC(NC(C)c2ccc(F)c(Cl)c2)C1. The van der Waals surface area contributed by atoms with Crippen molar-refractivity contribution >= 4 is 23.4 Å². The molecule has 19 heavy (non-hydrogen) atoms. The highest BCUT2D eigenvalue weighted by Gasteiger charge is 2.22. The van der Waals surface area contributed by atoms with Crippen LogP contribution in [0.4, 0.5) is 4.39 Å². The minimum absolute atomic E-state index is 0.205. The topological polar surface area (TPSA) is 12.0 Å². The summed E-state index contributed by atoms with van der Waals surface area (Å²) < 4.78 is 13.2. The maximum Gasteiger partial charge on any atom is 0.141 e. The summed E-state index contributed by atoms with van der Waals surface area (Å²) in [6.07, 6.45) is 7.27. The van der Waals surface area contributed by atoms with Crippen molar-refractivity contribution in [1.82, 2.24) is 5.32 Å². The molecule has 106 valence electrons. The summed E-state index contributed by atoms with van der Waals surface area (Å²) >= 11 is 7.81. The molecule has 1 aliphatic carbocycles. The summed E-state index contributed by atoms with van der Waals surface area (Å²) in [5, 5.41) is 4.63. The van der Waals surface area contributed by atoms with Crippen LogP contribution in [0.1, 0.15) is 44.2 Å². The fourth-order valence-corrected chi connectivity index (χ4v) is 3.76. The van der Waals surface area contributed by atoms with E-state index >= 15 is 0 Å². The van der Waals surface area contributed by atoms with Gasteiger partial charge in [0.25, 0.3) is 0 Å². The lowest BCUT2D eigenvalue weighted by molar-refractivity contribution is 0.353. The van der Waals surface area contributed by atoms with Crippen LogP contribution in [0.2, 0.25) is 5.02 Å². The fraction of sp³-hybridized carbons (Fsp3) is 0.600. The van der Waals surface area contributed by atoms with E-state index in [0.717, 1.165) is 10.8 Å². The molecule has 3 atom stereocenters. The highest BCUT2D eigenvalue weighted by atomic mass is 35.5. The number of nitrogens with one attached hydrogen (secondary N) is 1. The summed E-state index contributed by atoms with van der Waals surface area (Å²) in [5.41, 5.74) is 1.05. The van der Waals surface area contributed by atoms with Crippen molar-refractivity contribution in [2.45, 2.75) is 49.9 Å². The first-order valence-electron chi connectivity index (χ1n) is 6.84. The molecule has 1 aliphatic rings. The van der Waals surface area contributed by atoms with Crippen molar-refractivity contribution in [2.75, 3.05) is 6.26 Å². The third-order valence-electron chi connectivity index (χ3n) is 3.89. The van der Waals surface area contributed by atoms with Gasteiger partial charge in [0.2, 0.25) is 0 Å². The Kier molecular flexibility index (Phi) is 5.55. The average Bonchev–Trinajstić information content (AvgIpc) is 2.42. The fourth-order valence-electron chi connectivity index (χ4n) is 2.74. The van der Waals surface area contributed by atoms with Gasteiger partial charge in [-0.2, -0.15) is 11.8 Å². The lowest BCUT2D eigenvalue weighted by atomic mass is 9.93. The molecule has 1 nitrogen and oxygen atoms in total. The monoisotopic (exact) mass is 301 g/mol. The van der Waals surface area contributed by atoms with Crippen LogP contribution in [-0.4, -0.2) is 17.5 Å². The number of hydrogen-bond acceptors (Lipinski definition) is 2. The van der Waals surface area contributed by atoms with Gasteiger partial charge in [-0.1, -0.05) is 24.1 Å². The Labute approximate surface area is 124 Å². The molecule has 4 heteroatoms. The third kappa shape index (κ3) is 4.11. The number of thioether (sulfide) groups is 1. The summed E-state index contributed by atoms with van der Waals surface area (Å²) in [5.74, 6) is -0.349. The largest absolute Gasteiger partial charge is 0.307 e. The minimum atomic E-state index is -0.349. The number of benzene rings is 1. The summed E-state index contributed by atoms with van der Waals surface area (Å²) in [4.78, 5) is 0.